The van der Waals surface area contributed by atoms with Gasteiger partial charge in [0.2, 0.25) is 0 Å². The molecule has 7 aromatic carbocycles. The second-order valence-electron chi connectivity index (χ2n) is 16.2. The molecule has 0 unspecified atom stereocenters. The van der Waals surface area contributed by atoms with Gasteiger partial charge < -0.3 is 19.6 Å². The van der Waals surface area contributed by atoms with E-state index in [-0.39, 0.29) is 0 Å². The molecule has 0 heterocycles. The highest BCUT2D eigenvalue weighted by Crippen LogP contribution is 2.33. The van der Waals surface area contributed by atoms with Gasteiger partial charge in [0.15, 0.2) is 0 Å². The predicted octanol–water partition coefficient (Wildman–Crippen LogP) is 16.0. The second-order valence-corrected chi connectivity index (χ2v) is 16.2. The molecule has 0 fully saturated rings. The van der Waals surface area contributed by atoms with E-state index in [4.69, 9.17) is 0 Å². The lowest BCUT2D eigenvalue weighted by molar-refractivity contribution is 0.866. The standard InChI is InChI=1S/C62H66N4/c1-7-63(8-2)55-41-33-51(34-42-55)61(53-37-45-59(46-38-53)65(11-5)57-23-15-13-16-24-57)27-19-21-49-29-31-50(32-30-49)22-20-28-62(52-35-43-56(44-36-52)64(9-3)10-4)54-39-47-60(48-40-54)66(12-6)58-25-17-14-18-26-58/h13-48H,7-12H2,1-6H3. The second kappa shape index (κ2) is 23.6. The molecule has 0 aliphatic rings. The molecule has 334 valence electrons. The van der Waals surface area contributed by atoms with Crippen LogP contribution in [-0.2, 0) is 0 Å². The van der Waals surface area contributed by atoms with Gasteiger partial charge in [-0.1, -0.05) is 146 Å². The van der Waals surface area contributed by atoms with E-state index in [2.05, 4.69) is 280 Å². The third kappa shape index (κ3) is 11.7. The van der Waals surface area contributed by atoms with Crippen molar-refractivity contribution in [3.05, 3.63) is 240 Å². The van der Waals surface area contributed by atoms with Gasteiger partial charge in [-0.25, -0.2) is 0 Å². The highest BCUT2D eigenvalue weighted by molar-refractivity contribution is 5.84. The van der Waals surface area contributed by atoms with Crippen LogP contribution < -0.4 is 19.6 Å². The summed E-state index contributed by atoms with van der Waals surface area (Å²) in [5, 5.41) is 0. The van der Waals surface area contributed by atoms with E-state index in [0.29, 0.717) is 0 Å². The van der Waals surface area contributed by atoms with Gasteiger partial charge in [0.25, 0.3) is 0 Å². The van der Waals surface area contributed by atoms with Crippen LogP contribution in [-0.4, -0.2) is 39.3 Å². The highest BCUT2D eigenvalue weighted by atomic mass is 15.1. The lowest BCUT2D eigenvalue weighted by Gasteiger charge is -2.24. The molecule has 7 rings (SSSR count). The number of hydrogen-bond donors (Lipinski definition) is 0. The molecule has 7 aromatic rings. The Hall–Kier alpha value is -7.30. The first-order valence-corrected chi connectivity index (χ1v) is 23.9. The van der Waals surface area contributed by atoms with E-state index in [1.54, 1.807) is 0 Å². The van der Waals surface area contributed by atoms with Crippen LogP contribution in [0.1, 0.15) is 74.9 Å². The molecular weight excluding hydrogens is 801 g/mol. The maximum Gasteiger partial charge on any atom is 0.0411 e. The Morgan fingerprint density at radius 1 is 0.303 bits per heavy atom. The Morgan fingerprint density at radius 2 is 0.576 bits per heavy atom. The van der Waals surface area contributed by atoms with Crippen molar-refractivity contribution in [2.24, 2.45) is 0 Å². The molecule has 0 saturated carbocycles. The Balaban J connectivity index is 1.13. The minimum absolute atomic E-state index is 0.891. The third-order valence-corrected chi connectivity index (χ3v) is 12.4. The SMILES string of the molecule is CCN(CC)c1ccc(C(=CC=Cc2ccc(C=CC=C(c3ccc(N(CC)CC)cc3)c3ccc(N(CC)c4ccccc4)cc3)cc2)c2ccc(N(CC)c3ccccc3)cc2)cc1. The average Bonchev–Trinajstić information content (AvgIpc) is 3.38. The molecule has 0 aliphatic heterocycles. The van der Waals surface area contributed by atoms with E-state index >= 15 is 0 Å². The first-order chi connectivity index (χ1) is 32.5. The number of allylic oxidation sites excluding steroid dienone is 4. The summed E-state index contributed by atoms with van der Waals surface area (Å²) in [5.74, 6) is 0. The molecule has 0 N–H and O–H groups in total. The third-order valence-electron chi connectivity index (χ3n) is 12.4. The Bertz CT molecular complexity index is 2460. The first kappa shape index (κ1) is 46.7. The lowest BCUT2D eigenvalue weighted by atomic mass is 9.96. The number of para-hydroxylation sites is 2. The summed E-state index contributed by atoms with van der Waals surface area (Å²) in [5.41, 5.74) is 16.7. The minimum atomic E-state index is 0.891. The molecule has 0 radical (unpaired) electrons. The maximum absolute atomic E-state index is 2.39. The maximum atomic E-state index is 2.39. The summed E-state index contributed by atoms with van der Waals surface area (Å²) >= 11 is 0. The van der Waals surface area contributed by atoms with Gasteiger partial charge in [0.1, 0.15) is 0 Å². The molecule has 66 heavy (non-hydrogen) atoms. The molecule has 0 bridgehead atoms. The molecular formula is C62H66N4. The number of benzene rings is 7. The summed E-state index contributed by atoms with van der Waals surface area (Å²) in [6.45, 7) is 19.0. The van der Waals surface area contributed by atoms with E-state index in [1.807, 2.05) is 0 Å². The fourth-order valence-corrected chi connectivity index (χ4v) is 8.71. The van der Waals surface area contributed by atoms with Crippen LogP contribution >= 0.6 is 0 Å². The Kier molecular flexibility index (Phi) is 16.7. The fourth-order valence-electron chi connectivity index (χ4n) is 8.71. The summed E-state index contributed by atoms with van der Waals surface area (Å²) < 4.78 is 0. The van der Waals surface area contributed by atoms with Crippen molar-refractivity contribution in [3.8, 4) is 0 Å². The van der Waals surface area contributed by atoms with Gasteiger partial charge in [0.05, 0.1) is 0 Å². The van der Waals surface area contributed by atoms with Crippen LogP contribution in [0.3, 0.4) is 0 Å². The van der Waals surface area contributed by atoms with Crippen LogP contribution in [0.15, 0.2) is 206 Å². The van der Waals surface area contributed by atoms with E-state index < -0.39 is 0 Å². The molecule has 0 saturated heterocycles. The topological polar surface area (TPSA) is 13.0 Å². The quantitative estimate of drug-likeness (QED) is 0.0708. The zero-order valence-corrected chi connectivity index (χ0v) is 39.8. The fraction of sp³-hybridized carbons (Fsp3) is 0.194. The van der Waals surface area contributed by atoms with Crippen molar-refractivity contribution >= 4 is 57.4 Å². The Morgan fingerprint density at radius 3 is 0.848 bits per heavy atom. The normalized spacial score (nSPS) is 11.9. The van der Waals surface area contributed by atoms with E-state index in [1.165, 1.54) is 67.5 Å². The van der Waals surface area contributed by atoms with Crippen molar-refractivity contribution in [1.29, 1.82) is 0 Å². The zero-order chi connectivity index (χ0) is 46.1. The predicted molar refractivity (Wildman–Crippen MR) is 290 cm³/mol. The number of hydrogen-bond acceptors (Lipinski definition) is 4. The summed E-state index contributed by atoms with van der Waals surface area (Å²) in [4.78, 5) is 9.46. The van der Waals surface area contributed by atoms with E-state index in [9.17, 15) is 0 Å². The molecule has 0 amide bonds. The average molecular weight is 867 g/mol. The van der Waals surface area contributed by atoms with Crippen molar-refractivity contribution in [2.45, 2.75) is 41.5 Å². The van der Waals surface area contributed by atoms with E-state index in [0.717, 1.165) is 50.4 Å². The molecule has 0 spiro atoms. The summed E-state index contributed by atoms with van der Waals surface area (Å²) in [6, 6.07) is 66.0. The molecule has 0 aromatic heterocycles. The Labute approximate surface area is 395 Å². The first-order valence-electron chi connectivity index (χ1n) is 23.9. The van der Waals surface area contributed by atoms with Crippen LogP contribution in [0.25, 0.3) is 23.3 Å². The summed E-state index contributed by atoms with van der Waals surface area (Å²) in [7, 11) is 0. The van der Waals surface area contributed by atoms with Gasteiger partial charge in [-0.3, -0.25) is 0 Å². The van der Waals surface area contributed by atoms with Crippen molar-refractivity contribution < 1.29 is 0 Å². The number of nitrogens with zero attached hydrogens (tertiary/aromatic N) is 4. The van der Waals surface area contributed by atoms with Gasteiger partial charge in [0, 0.05) is 73.4 Å². The smallest absolute Gasteiger partial charge is 0.0411 e. The lowest BCUT2D eigenvalue weighted by Crippen LogP contribution is -2.21. The molecule has 0 aliphatic carbocycles. The largest absolute Gasteiger partial charge is 0.372 e. The van der Waals surface area contributed by atoms with Gasteiger partial charge in [-0.05, 0) is 159 Å². The minimum Gasteiger partial charge on any atom is -0.372 e. The molecule has 4 heteroatoms. The highest BCUT2D eigenvalue weighted by Gasteiger charge is 2.13. The van der Waals surface area contributed by atoms with Crippen molar-refractivity contribution in [1.82, 2.24) is 0 Å². The van der Waals surface area contributed by atoms with Crippen LogP contribution in [0.5, 0.6) is 0 Å². The van der Waals surface area contributed by atoms with Gasteiger partial charge >= 0.3 is 0 Å². The van der Waals surface area contributed by atoms with Gasteiger partial charge in [-0.15, -0.1) is 0 Å². The van der Waals surface area contributed by atoms with Crippen LogP contribution in [0, 0.1) is 0 Å². The van der Waals surface area contributed by atoms with Crippen LogP contribution in [0.2, 0.25) is 0 Å². The zero-order valence-electron chi connectivity index (χ0n) is 39.8. The molecule has 4 nitrogen and oxygen atoms in total. The summed E-state index contributed by atoms with van der Waals surface area (Å²) in [6.07, 6.45) is 13.3. The van der Waals surface area contributed by atoms with Crippen LogP contribution in [0.4, 0.5) is 34.1 Å². The van der Waals surface area contributed by atoms with Gasteiger partial charge in [-0.2, -0.15) is 0 Å². The molecule has 0 atom stereocenters. The number of rotatable bonds is 20. The van der Waals surface area contributed by atoms with Crippen molar-refractivity contribution in [2.75, 3.05) is 58.9 Å². The monoisotopic (exact) mass is 867 g/mol. The number of anilines is 6. The van der Waals surface area contributed by atoms with Crippen molar-refractivity contribution in [3.63, 3.8) is 0 Å².